The van der Waals surface area contributed by atoms with Gasteiger partial charge in [-0.25, -0.2) is 4.79 Å². The smallest absolute Gasteiger partial charge is 0.332 e. The van der Waals surface area contributed by atoms with E-state index in [1.807, 2.05) is 35.8 Å². The third kappa shape index (κ3) is 3.86. The van der Waals surface area contributed by atoms with Crippen molar-refractivity contribution >= 4 is 11.2 Å². The molecular formula is C23H28N4O4. The molecule has 0 saturated heterocycles. The highest BCUT2D eigenvalue weighted by atomic mass is 16.5. The third-order valence-electron chi connectivity index (χ3n) is 6.13. The van der Waals surface area contributed by atoms with Crippen molar-refractivity contribution in [3.63, 3.8) is 0 Å². The first-order valence-corrected chi connectivity index (χ1v) is 11.1. The predicted octanol–water partition coefficient (Wildman–Crippen LogP) is 2.64. The lowest BCUT2D eigenvalue weighted by atomic mass is 10.2. The Kier molecular flexibility index (Phi) is 5.08. The minimum atomic E-state index is -0.272. The van der Waals surface area contributed by atoms with Crippen LogP contribution in [0, 0.1) is 11.8 Å². The lowest BCUT2D eigenvalue weighted by molar-refractivity contribution is 0.301. The standard InChI is InChI=1S/C23H28N4O4/c1-3-31-22-24-20-19(25(22)12-17-8-10-18(30-2)11-9-17)21(28)27(14-16-6-7-16)23(29)26(20)13-15-4-5-15/h8-11,15-16H,3-7,12-14H2,1-2H3. The Morgan fingerprint density at radius 1 is 0.968 bits per heavy atom. The minimum absolute atomic E-state index is 0.242. The van der Waals surface area contributed by atoms with Gasteiger partial charge < -0.3 is 9.47 Å². The molecule has 0 amide bonds. The van der Waals surface area contributed by atoms with Crippen LogP contribution in [0.1, 0.15) is 38.2 Å². The third-order valence-corrected chi connectivity index (χ3v) is 6.13. The van der Waals surface area contributed by atoms with Crippen molar-refractivity contribution in [2.75, 3.05) is 13.7 Å². The van der Waals surface area contributed by atoms with Crippen LogP contribution < -0.4 is 20.7 Å². The van der Waals surface area contributed by atoms with Crippen LogP contribution in [0.4, 0.5) is 0 Å². The van der Waals surface area contributed by atoms with Crippen LogP contribution in [0.3, 0.4) is 0 Å². The van der Waals surface area contributed by atoms with Crippen molar-refractivity contribution in [3.05, 3.63) is 50.7 Å². The maximum absolute atomic E-state index is 13.5. The molecule has 2 aromatic heterocycles. The molecular weight excluding hydrogens is 396 g/mol. The Bertz CT molecular complexity index is 1210. The van der Waals surface area contributed by atoms with E-state index in [9.17, 15) is 9.59 Å². The highest BCUT2D eigenvalue weighted by Gasteiger charge is 2.30. The molecule has 2 aliphatic rings. The number of hydrogen-bond acceptors (Lipinski definition) is 5. The summed E-state index contributed by atoms with van der Waals surface area (Å²) in [6.45, 7) is 3.83. The summed E-state index contributed by atoms with van der Waals surface area (Å²) in [7, 11) is 1.63. The molecule has 31 heavy (non-hydrogen) atoms. The van der Waals surface area contributed by atoms with Crippen molar-refractivity contribution in [2.45, 2.75) is 52.2 Å². The van der Waals surface area contributed by atoms with Gasteiger partial charge in [-0.15, -0.1) is 0 Å². The molecule has 3 aromatic rings. The quantitative estimate of drug-likeness (QED) is 0.528. The summed E-state index contributed by atoms with van der Waals surface area (Å²) < 4.78 is 16.0. The molecule has 2 fully saturated rings. The Labute approximate surface area is 180 Å². The number of aromatic nitrogens is 4. The van der Waals surface area contributed by atoms with Crippen molar-refractivity contribution in [1.29, 1.82) is 0 Å². The first kappa shape index (κ1) is 19.9. The van der Waals surface area contributed by atoms with Crippen molar-refractivity contribution in [2.24, 2.45) is 11.8 Å². The topological polar surface area (TPSA) is 80.3 Å². The molecule has 0 radical (unpaired) electrons. The number of methoxy groups -OCH3 is 1. The number of ether oxygens (including phenoxy) is 2. The van der Waals surface area contributed by atoms with Gasteiger partial charge in [0.05, 0.1) is 20.3 Å². The zero-order valence-corrected chi connectivity index (χ0v) is 18.0. The summed E-state index contributed by atoms with van der Waals surface area (Å²) in [5, 5.41) is 0. The molecule has 8 nitrogen and oxygen atoms in total. The number of rotatable bonds is 9. The molecule has 0 aliphatic heterocycles. The van der Waals surface area contributed by atoms with E-state index < -0.39 is 0 Å². The van der Waals surface area contributed by atoms with E-state index in [1.165, 1.54) is 4.57 Å². The second-order valence-corrected chi connectivity index (χ2v) is 8.63. The zero-order chi connectivity index (χ0) is 21.5. The molecule has 8 heteroatoms. The lowest BCUT2D eigenvalue weighted by Crippen LogP contribution is -2.41. The van der Waals surface area contributed by atoms with Crippen LogP contribution in [-0.4, -0.2) is 32.4 Å². The molecule has 5 rings (SSSR count). The molecule has 2 saturated carbocycles. The molecule has 2 aliphatic carbocycles. The molecule has 0 unspecified atom stereocenters. The van der Waals surface area contributed by atoms with Gasteiger partial charge in [-0.1, -0.05) is 12.1 Å². The molecule has 0 N–H and O–H groups in total. The lowest BCUT2D eigenvalue weighted by Gasteiger charge is -2.13. The van der Waals surface area contributed by atoms with Crippen LogP contribution in [-0.2, 0) is 19.6 Å². The summed E-state index contributed by atoms with van der Waals surface area (Å²) in [6, 6.07) is 8.08. The predicted molar refractivity (Wildman–Crippen MR) is 117 cm³/mol. The monoisotopic (exact) mass is 424 g/mol. The normalized spacial score (nSPS) is 16.1. The van der Waals surface area contributed by atoms with Gasteiger partial charge in [0.1, 0.15) is 5.75 Å². The van der Waals surface area contributed by atoms with Gasteiger partial charge >= 0.3 is 5.69 Å². The Morgan fingerprint density at radius 2 is 1.61 bits per heavy atom. The molecule has 1 aromatic carbocycles. The Hall–Kier alpha value is -3.03. The molecule has 0 spiro atoms. The maximum Gasteiger partial charge on any atom is 0.332 e. The van der Waals surface area contributed by atoms with Crippen LogP contribution in [0.2, 0.25) is 0 Å². The number of benzene rings is 1. The Morgan fingerprint density at radius 3 is 2.19 bits per heavy atom. The average molecular weight is 425 g/mol. The molecule has 0 atom stereocenters. The summed E-state index contributed by atoms with van der Waals surface area (Å²) in [5.74, 6) is 1.67. The maximum atomic E-state index is 13.5. The SMILES string of the molecule is CCOc1nc2c(c(=O)n(CC3CC3)c(=O)n2CC2CC2)n1Cc1ccc(OC)cc1. The van der Waals surface area contributed by atoms with Crippen molar-refractivity contribution < 1.29 is 9.47 Å². The van der Waals surface area contributed by atoms with Gasteiger partial charge in [-0.3, -0.25) is 18.5 Å². The van der Waals surface area contributed by atoms with Gasteiger partial charge in [-0.05, 0) is 62.1 Å². The van der Waals surface area contributed by atoms with Crippen molar-refractivity contribution in [3.8, 4) is 11.8 Å². The van der Waals surface area contributed by atoms with Gasteiger partial charge in [0.25, 0.3) is 11.6 Å². The molecule has 164 valence electrons. The van der Waals surface area contributed by atoms with E-state index in [0.29, 0.717) is 55.3 Å². The second kappa shape index (κ2) is 7.90. The minimum Gasteiger partial charge on any atom is -0.497 e. The first-order valence-electron chi connectivity index (χ1n) is 11.1. The van der Waals surface area contributed by atoms with Gasteiger partial charge in [-0.2, -0.15) is 4.98 Å². The van der Waals surface area contributed by atoms with Gasteiger partial charge in [0, 0.05) is 13.1 Å². The van der Waals surface area contributed by atoms with E-state index in [2.05, 4.69) is 4.98 Å². The number of hydrogen-bond donors (Lipinski definition) is 0. The van der Waals surface area contributed by atoms with E-state index in [4.69, 9.17) is 9.47 Å². The fourth-order valence-corrected chi connectivity index (χ4v) is 4.01. The van der Waals surface area contributed by atoms with E-state index >= 15 is 0 Å². The second-order valence-electron chi connectivity index (χ2n) is 8.63. The fourth-order valence-electron chi connectivity index (χ4n) is 4.01. The largest absolute Gasteiger partial charge is 0.497 e. The first-order chi connectivity index (χ1) is 15.1. The number of fused-ring (bicyclic) bond motifs is 1. The Balaban J connectivity index is 1.68. The molecule has 0 bridgehead atoms. The van der Waals surface area contributed by atoms with Crippen LogP contribution in [0.15, 0.2) is 33.9 Å². The van der Waals surface area contributed by atoms with Crippen LogP contribution >= 0.6 is 0 Å². The summed E-state index contributed by atoms with van der Waals surface area (Å²) >= 11 is 0. The summed E-state index contributed by atoms with van der Waals surface area (Å²) in [5.41, 5.74) is 1.36. The van der Waals surface area contributed by atoms with E-state index in [-0.39, 0.29) is 11.2 Å². The highest BCUT2D eigenvalue weighted by molar-refractivity contribution is 5.72. The molecule has 2 heterocycles. The fraction of sp³-hybridized carbons (Fsp3) is 0.522. The van der Waals surface area contributed by atoms with Crippen LogP contribution in [0.25, 0.3) is 11.2 Å². The van der Waals surface area contributed by atoms with Crippen molar-refractivity contribution in [1.82, 2.24) is 18.7 Å². The summed E-state index contributed by atoms with van der Waals surface area (Å²) in [6.07, 6.45) is 4.37. The number of imidazole rings is 1. The number of nitrogens with zero attached hydrogens (tertiary/aromatic N) is 4. The van der Waals surface area contributed by atoms with E-state index in [0.717, 1.165) is 37.0 Å². The zero-order valence-electron chi connectivity index (χ0n) is 18.0. The van der Waals surface area contributed by atoms with Gasteiger partial charge in [0.2, 0.25) is 0 Å². The van der Waals surface area contributed by atoms with Crippen LogP contribution in [0.5, 0.6) is 11.8 Å². The highest BCUT2D eigenvalue weighted by Crippen LogP contribution is 2.32. The summed E-state index contributed by atoms with van der Waals surface area (Å²) in [4.78, 5) is 31.4. The van der Waals surface area contributed by atoms with Gasteiger partial charge in [0.15, 0.2) is 11.2 Å². The van der Waals surface area contributed by atoms with E-state index in [1.54, 1.807) is 11.7 Å². The average Bonchev–Trinajstić information content (AvgIpc) is 3.70.